The van der Waals surface area contributed by atoms with E-state index in [0.29, 0.717) is 0 Å². The zero-order chi connectivity index (χ0) is 10.6. The number of carboxylic acid groups (broad SMARTS) is 1. The fourth-order valence-corrected chi connectivity index (χ4v) is 1.47. The highest BCUT2D eigenvalue weighted by atomic mass is 16.4. The topological polar surface area (TPSA) is 73.1 Å². The Bertz CT molecular complexity index is 240. The highest BCUT2D eigenvalue weighted by molar-refractivity contribution is 5.86. The molecule has 14 heavy (non-hydrogen) atoms. The maximum atomic E-state index is 10.6. The minimum atomic E-state index is -1.07. The number of aliphatic imine (C=N–C) groups is 1. The number of hydrogen-bond donors (Lipinski definition) is 2. The van der Waals surface area contributed by atoms with Crippen molar-refractivity contribution in [2.75, 3.05) is 20.2 Å². The SMILES string of the molecule is CN1CCCCC1=NC(CO)C(=O)O. The summed E-state index contributed by atoms with van der Waals surface area (Å²) in [4.78, 5) is 16.6. The van der Waals surface area contributed by atoms with E-state index in [1.165, 1.54) is 0 Å². The van der Waals surface area contributed by atoms with Crippen molar-refractivity contribution in [1.82, 2.24) is 4.90 Å². The lowest BCUT2D eigenvalue weighted by atomic mass is 10.1. The molecule has 0 aromatic carbocycles. The van der Waals surface area contributed by atoms with Crippen LogP contribution in [0.25, 0.3) is 0 Å². The van der Waals surface area contributed by atoms with Gasteiger partial charge < -0.3 is 15.1 Å². The van der Waals surface area contributed by atoms with Crippen molar-refractivity contribution in [2.24, 2.45) is 4.99 Å². The third-order valence-corrected chi connectivity index (χ3v) is 2.35. The summed E-state index contributed by atoms with van der Waals surface area (Å²) in [5.41, 5.74) is 0. The molecule has 1 heterocycles. The number of amidine groups is 1. The molecule has 0 aromatic heterocycles. The average Bonchev–Trinajstić information content (AvgIpc) is 2.16. The third kappa shape index (κ3) is 2.70. The van der Waals surface area contributed by atoms with Gasteiger partial charge in [-0.1, -0.05) is 0 Å². The summed E-state index contributed by atoms with van der Waals surface area (Å²) in [7, 11) is 1.90. The molecule has 2 N–H and O–H groups in total. The van der Waals surface area contributed by atoms with Gasteiger partial charge in [0.2, 0.25) is 0 Å². The van der Waals surface area contributed by atoms with Gasteiger partial charge in [-0.05, 0) is 12.8 Å². The summed E-state index contributed by atoms with van der Waals surface area (Å²) < 4.78 is 0. The Labute approximate surface area is 83.1 Å². The molecule has 5 nitrogen and oxygen atoms in total. The van der Waals surface area contributed by atoms with Crippen molar-refractivity contribution in [3.8, 4) is 0 Å². The number of aliphatic hydroxyl groups is 1. The van der Waals surface area contributed by atoms with Crippen LogP contribution >= 0.6 is 0 Å². The number of rotatable bonds is 3. The first kappa shape index (κ1) is 11.0. The molecule has 1 rings (SSSR count). The van der Waals surface area contributed by atoms with Crippen LogP contribution in [-0.4, -0.2) is 53.2 Å². The van der Waals surface area contributed by atoms with Crippen LogP contribution in [0.4, 0.5) is 0 Å². The molecular formula is C9H16N2O3. The van der Waals surface area contributed by atoms with Crippen molar-refractivity contribution in [2.45, 2.75) is 25.3 Å². The van der Waals surface area contributed by atoms with Crippen molar-refractivity contribution < 1.29 is 15.0 Å². The lowest BCUT2D eigenvalue weighted by Gasteiger charge is -2.26. The maximum absolute atomic E-state index is 10.6. The normalized spacial score (nSPS) is 22.4. The molecule has 1 saturated heterocycles. The Morgan fingerprint density at radius 1 is 1.64 bits per heavy atom. The fourth-order valence-electron chi connectivity index (χ4n) is 1.47. The zero-order valence-corrected chi connectivity index (χ0v) is 8.31. The van der Waals surface area contributed by atoms with Gasteiger partial charge in [-0.2, -0.15) is 0 Å². The van der Waals surface area contributed by atoms with E-state index in [9.17, 15) is 4.79 Å². The highest BCUT2D eigenvalue weighted by Gasteiger charge is 2.19. The van der Waals surface area contributed by atoms with Crippen LogP contribution in [0.2, 0.25) is 0 Å². The smallest absolute Gasteiger partial charge is 0.330 e. The molecule has 0 aromatic rings. The van der Waals surface area contributed by atoms with Crippen molar-refractivity contribution >= 4 is 11.8 Å². The summed E-state index contributed by atoms with van der Waals surface area (Å²) in [5, 5.41) is 17.5. The minimum Gasteiger partial charge on any atom is -0.480 e. The van der Waals surface area contributed by atoms with Crippen LogP contribution in [0.15, 0.2) is 4.99 Å². The Balaban J connectivity index is 2.67. The lowest BCUT2D eigenvalue weighted by Crippen LogP contribution is -2.35. The summed E-state index contributed by atoms with van der Waals surface area (Å²) in [6, 6.07) is -1.01. The molecule has 80 valence electrons. The van der Waals surface area contributed by atoms with Crippen LogP contribution < -0.4 is 0 Å². The number of nitrogens with zero attached hydrogens (tertiary/aromatic N) is 2. The number of aliphatic carboxylic acids is 1. The van der Waals surface area contributed by atoms with Crippen molar-refractivity contribution in [3.63, 3.8) is 0 Å². The number of likely N-dealkylation sites (tertiary alicyclic amines) is 1. The quantitative estimate of drug-likeness (QED) is 0.669. The number of aliphatic hydroxyl groups excluding tert-OH is 1. The zero-order valence-electron chi connectivity index (χ0n) is 8.31. The second-order valence-corrected chi connectivity index (χ2v) is 3.46. The second-order valence-electron chi connectivity index (χ2n) is 3.46. The second kappa shape index (κ2) is 4.95. The average molecular weight is 200 g/mol. The van der Waals surface area contributed by atoms with E-state index in [2.05, 4.69) is 4.99 Å². The molecular weight excluding hydrogens is 184 g/mol. The van der Waals surface area contributed by atoms with Gasteiger partial charge in [0.15, 0.2) is 6.04 Å². The summed E-state index contributed by atoms with van der Waals surface area (Å²) in [6.07, 6.45) is 2.97. The monoisotopic (exact) mass is 200 g/mol. The van der Waals surface area contributed by atoms with Gasteiger partial charge in [0.25, 0.3) is 0 Å². The molecule has 0 radical (unpaired) electrons. The Kier molecular flexibility index (Phi) is 3.88. The molecule has 1 aliphatic heterocycles. The lowest BCUT2D eigenvalue weighted by molar-refractivity contribution is -0.139. The molecule has 1 aliphatic rings. The number of carbonyl (C=O) groups is 1. The van der Waals surface area contributed by atoms with Crippen molar-refractivity contribution in [3.05, 3.63) is 0 Å². The van der Waals surface area contributed by atoms with Crippen LogP contribution in [0.3, 0.4) is 0 Å². The third-order valence-electron chi connectivity index (χ3n) is 2.35. The fraction of sp³-hybridized carbons (Fsp3) is 0.778. The summed E-state index contributed by atoms with van der Waals surface area (Å²) in [5.74, 6) is -0.281. The first-order chi connectivity index (χ1) is 6.65. The van der Waals surface area contributed by atoms with Gasteiger partial charge in [-0.25, -0.2) is 4.79 Å². The maximum Gasteiger partial charge on any atom is 0.330 e. The standard InChI is InChI=1S/C9H16N2O3/c1-11-5-3-2-4-8(11)10-7(6-12)9(13)14/h7,12H,2-6H2,1H3,(H,13,14). The van der Waals surface area contributed by atoms with E-state index >= 15 is 0 Å². The Morgan fingerprint density at radius 2 is 2.36 bits per heavy atom. The van der Waals surface area contributed by atoms with Crippen LogP contribution in [0.5, 0.6) is 0 Å². The Hall–Kier alpha value is -1.10. The summed E-state index contributed by atoms with van der Waals surface area (Å²) in [6.45, 7) is 0.475. The van der Waals surface area contributed by atoms with Gasteiger partial charge in [0.1, 0.15) is 0 Å². The van der Waals surface area contributed by atoms with Gasteiger partial charge in [-0.15, -0.1) is 0 Å². The molecule has 5 heteroatoms. The first-order valence-electron chi connectivity index (χ1n) is 4.76. The first-order valence-corrected chi connectivity index (χ1v) is 4.76. The number of hydrogen-bond acceptors (Lipinski definition) is 3. The van der Waals surface area contributed by atoms with Crippen LogP contribution in [-0.2, 0) is 4.79 Å². The van der Waals surface area contributed by atoms with Crippen LogP contribution in [0, 0.1) is 0 Å². The predicted octanol–water partition coefficient (Wildman–Crippen LogP) is -0.0539. The van der Waals surface area contributed by atoms with Gasteiger partial charge in [0, 0.05) is 20.0 Å². The van der Waals surface area contributed by atoms with Gasteiger partial charge in [0.05, 0.1) is 12.4 Å². The molecule has 0 amide bonds. The highest BCUT2D eigenvalue weighted by Crippen LogP contribution is 2.11. The number of piperidine rings is 1. The predicted molar refractivity (Wildman–Crippen MR) is 52.4 cm³/mol. The summed E-state index contributed by atoms with van der Waals surface area (Å²) >= 11 is 0. The van der Waals surface area contributed by atoms with Gasteiger partial charge >= 0.3 is 5.97 Å². The largest absolute Gasteiger partial charge is 0.480 e. The van der Waals surface area contributed by atoms with Gasteiger partial charge in [-0.3, -0.25) is 4.99 Å². The molecule has 1 unspecified atom stereocenters. The molecule has 0 aliphatic carbocycles. The molecule has 0 spiro atoms. The minimum absolute atomic E-state index is 0.438. The number of carboxylic acids is 1. The van der Waals surface area contributed by atoms with Crippen LogP contribution in [0.1, 0.15) is 19.3 Å². The molecule has 0 bridgehead atoms. The van der Waals surface area contributed by atoms with E-state index in [1.54, 1.807) is 0 Å². The van der Waals surface area contributed by atoms with E-state index < -0.39 is 18.6 Å². The van der Waals surface area contributed by atoms with E-state index in [4.69, 9.17) is 10.2 Å². The Morgan fingerprint density at radius 3 is 2.86 bits per heavy atom. The molecule has 1 fully saturated rings. The molecule has 1 atom stereocenters. The van der Waals surface area contributed by atoms with Crippen molar-refractivity contribution in [1.29, 1.82) is 0 Å². The van der Waals surface area contributed by atoms with E-state index in [-0.39, 0.29) is 0 Å². The van der Waals surface area contributed by atoms with E-state index in [1.807, 2.05) is 11.9 Å². The molecule has 0 saturated carbocycles. The van der Waals surface area contributed by atoms with E-state index in [0.717, 1.165) is 31.6 Å².